The molecule has 2 aromatic carbocycles. The van der Waals surface area contributed by atoms with Crippen LogP contribution in [-0.4, -0.2) is 42.1 Å². The number of esters is 1. The van der Waals surface area contributed by atoms with E-state index in [2.05, 4.69) is 5.16 Å². The Morgan fingerprint density at radius 3 is 2.29 bits per heavy atom. The number of methoxy groups -OCH3 is 1. The maximum atomic E-state index is 12.9. The Bertz CT molecular complexity index is 1100. The van der Waals surface area contributed by atoms with Gasteiger partial charge in [0.05, 0.1) is 19.2 Å². The van der Waals surface area contributed by atoms with Crippen molar-refractivity contribution in [2.75, 3.05) is 12.0 Å². The average molecular weight is 422 g/mol. The van der Waals surface area contributed by atoms with Crippen LogP contribution in [0.3, 0.4) is 0 Å². The van der Waals surface area contributed by atoms with E-state index in [1.807, 2.05) is 0 Å². The van der Waals surface area contributed by atoms with Crippen LogP contribution in [0, 0.1) is 10.8 Å². The smallest absolute Gasteiger partial charge is 0.375 e. The molecule has 6 N–H and O–H groups in total. The third-order valence-electron chi connectivity index (χ3n) is 4.84. The van der Waals surface area contributed by atoms with Gasteiger partial charge < -0.3 is 21.0 Å². The highest BCUT2D eigenvalue weighted by atomic mass is 16.7. The minimum Gasteiger partial charge on any atom is -0.465 e. The molecule has 1 aliphatic heterocycles. The van der Waals surface area contributed by atoms with Gasteiger partial charge in [-0.3, -0.25) is 20.5 Å². The number of carbonyl (C=O) groups excluding carboxylic acids is 2. The molecule has 3 rings (SSSR count). The van der Waals surface area contributed by atoms with Gasteiger partial charge in [0.2, 0.25) is 5.91 Å². The van der Waals surface area contributed by atoms with Gasteiger partial charge in [0.25, 0.3) is 0 Å². The third-order valence-corrected chi connectivity index (χ3v) is 4.84. The maximum absolute atomic E-state index is 12.9. The Balaban J connectivity index is 2.03. The summed E-state index contributed by atoms with van der Waals surface area (Å²) in [6.07, 6.45) is -0.0882. The summed E-state index contributed by atoms with van der Waals surface area (Å²) in [5, 5.41) is 19.2. The van der Waals surface area contributed by atoms with E-state index in [1.54, 1.807) is 48.5 Å². The van der Waals surface area contributed by atoms with Gasteiger partial charge in [-0.15, -0.1) is 0 Å². The summed E-state index contributed by atoms with van der Waals surface area (Å²) in [4.78, 5) is 32.2. The molecule has 31 heavy (non-hydrogen) atoms. The van der Waals surface area contributed by atoms with Crippen molar-refractivity contribution in [3.63, 3.8) is 0 Å². The summed E-state index contributed by atoms with van der Waals surface area (Å²) in [5.41, 5.74) is 11.5. The van der Waals surface area contributed by atoms with Crippen LogP contribution in [0.15, 0.2) is 53.7 Å². The van der Waals surface area contributed by atoms with Gasteiger partial charge in [-0.2, -0.15) is 0 Å². The number of nitrogens with zero attached hydrogens (tertiary/aromatic N) is 2. The number of nitrogens with two attached hydrogens (primary N) is 2. The molecule has 0 fully saturated rings. The van der Waals surface area contributed by atoms with E-state index in [0.29, 0.717) is 28.1 Å². The molecule has 1 unspecified atom stereocenters. The number of nitrogen functional groups attached to an aromatic ring is 2. The number of rotatable bonds is 6. The summed E-state index contributed by atoms with van der Waals surface area (Å²) in [5.74, 6) is -1.53. The topological polar surface area (TPSA) is 168 Å². The number of amides is 1. The van der Waals surface area contributed by atoms with E-state index in [4.69, 9.17) is 31.9 Å². The standard InChI is InChI=1S/C21H22N6O4/c1-12(28)27(16-8-6-13(7-9-16)18(22)23)21(20(29)30-2)11-17(26-31-21)14-4-3-5-15(10-14)19(24)25/h3-10H,11H2,1-2H3,(H3,22,23)(H3,24,25). The van der Waals surface area contributed by atoms with Gasteiger partial charge >= 0.3 is 11.7 Å². The Morgan fingerprint density at radius 1 is 1.10 bits per heavy atom. The summed E-state index contributed by atoms with van der Waals surface area (Å²) >= 11 is 0. The molecule has 160 valence electrons. The summed E-state index contributed by atoms with van der Waals surface area (Å²) in [6.45, 7) is 1.29. The Morgan fingerprint density at radius 2 is 1.74 bits per heavy atom. The average Bonchev–Trinajstić information content (AvgIpc) is 3.19. The zero-order valence-corrected chi connectivity index (χ0v) is 17.0. The molecule has 1 aliphatic rings. The molecule has 0 spiro atoms. The number of carbonyl (C=O) groups is 2. The van der Waals surface area contributed by atoms with Crippen LogP contribution in [-0.2, 0) is 19.2 Å². The van der Waals surface area contributed by atoms with Crippen LogP contribution in [0.5, 0.6) is 0 Å². The minimum absolute atomic E-state index is 0.0882. The van der Waals surface area contributed by atoms with Crippen LogP contribution in [0.2, 0.25) is 0 Å². The van der Waals surface area contributed by atoms with E-state index < -0.39 is 17.6 Å². The third kappa shape index (κ3) is 3.95. The lowest BCUT2D eigenvalue weighted by molar-refractivity contribution is -0.168. The second-order valence-corrected chi connectivity index (χ2v) is 6.89. The fourth-order valence-corrected chi connectivity index (χ4v) is 3.36. The van der Waals surface area contributed by atoms with Crippen LogP contribution >= 0.6 is 0 Å². The van der Waals surface area contributed by atoms with Crippen LogP contribution in [0.4, 0.5) is 5.69 Å². The molecule has 0 saturated heterocycles. The first-order valence-electron chi connectivity index (χ1n) is 9.23. The molecule has 1 atom stereocenters. The first kappa shape index (κ1) is 21.5. The molecule has 0 bridgehead atoms. The first-order chi connectivity index (χ1) is 14.7. The van der Waals surface area contributed by atoms with Crippen molar-refractivity contribution in [2.24, 2.45) is 16.6 Å². The molecule has 0 saturated carbocycles. The molecule has 0 radical (unpaired) electrons. The predicted octanol–water partition coefficient (Wildman–Crippen LogP) is 1.30. The van der Waals surface area contributed by atoms with E-state index in [-0.39, 0.29) is 18.1 Å². The number of hydrogen-bond donors (Lipinski definition) is 4. The van der Waals surface area contributed by atoms with Crippen molar-refractivity contribution in [3.8, 4) is 0 Å². The van der Waals surface area contributed by atoms with Crippen LogP contribution in [0.25, 0.3) is 0 Å². The lowest BCUT2D eigenvalue weighted by Crippen LogP contribution is -2.58. The lowest BCUT2D eigenvalue weighted by atomic mass is 9.97. The van der Waals surface area contributed by atoms with Crippen LogP contribution in [0.1, 0.15) is 30.0 Å². The molecular formula is C21H22N6O4. The normalized spacial score (nSPS) is 17.3. The molecule has 1 heterocycles. The lowest BCUT2D eigenvalue weighted by Gasteiger charge is -2.35. The molecule has 0 aromatic heterocycles. The fraction of sp³-hybridized carbons (Fsp3) is 0.190. The van der Waals surface area contributed by atoms with Gasteiger partial charge in [0.15, 0.2) is 0 Å². The summed E-state index contributed by atoms with van der Waals surface area (Å²) in [7, 11) is 1.19. The number of anilines is 1. The number of oxime groups is 1. The Labute approximate surface area is 178 Å². The highest BCUT2D eigenvalue weighted by molar-refractivity contribution is 6.10. The second kappa shape index (κ2) is 8.27. The van der Waals surface area contributed by atoms with E-state index >= 15 is 0 Å². The second-order valence-electron chi connectivity index (χ2n) is 6.89. The summed E-state index contributed by atoms with van der Waals surface area (Å²) < 4.78 is 4.96. The number of nitrogens with one attached hydrogen (secondary N) is 2. The van der Waals surface area contributed by atoms with E-state index in [0.717, 1.165) is 4.90 Å². The van der Waals surface area contributed by atoms with Crippen molar-refractivity contribution in [3.05, 3.63) is 65.2 Å². The number of benzene rings is 2. The highest BCUT2D eigenvalue weighted by Crippen LogP contribution is 2.36. The zero-order valence-electron chi connectivity index (χ0n) is 17.0. The van der Waals surface area contributed by atoms with E-state index in [1.165, 1.54) is 14.0 Å². The highest BCUT2D eigenvalue weighted by Gasteiger charge is 2.55. The Kier molecular flexibility index (Phi) is 5.73. The number of hydrogen-bond acceptors (Lipinski definition) is 7. The van der Waals surface area contributed by atoms with Gasteiger partial charge in [-0.1, -0.05) is 23.4 Å². The molecule has 10 heteroatoms. The summed E-state index contributed by atoms with van der Waals surface area (Å²) in [6, 6.07) is 13.0. The maximum Gasteiger partial charge on any atom is 0.375 e. The number of amidine groups is 2. The fourth-order valence-electron chi connectivity index (χ4n) is 3.36. The molecular weight excluding hydrogens is 400 g/mol. The predicted molar refractivity (Wildman–Crippen MR) is 115 cm³/mol. The molecule has 10 nitrogen and oxygen atoms in total. The van der Waals surface area contributed by atoms with Crippen molar-refractivity contribution in [1.29, 1.82) is 10.8 Å². The quantitative estimate of drug-likeness (QED) is 0.311. The first-order valence-corrected chi connectivity index (χ1v) is 9.23. The number of ether oxygens (including phenoxy) is 1. The van der Waals surface area contributed by atoms with Gasteiger partial charge in [-0.05, 0) is 30.3 Å². The minimum atomic E-state index is -1.86. The van der Waals surface area contributed by atoms with Gasteiger partial charge in [0, 0.05) is 29.3 Å². The van der Waals surface area contributed by atoms with Gasteiger partial charge in [-0.25, -0.2) is 4.79 Å². The van der Waals surface area contributed by atoms with Crippen molar-refractivity contribution in [2.45, 2.75) is 19.1 Å². The monoisotopic (exact) mass is 422 g/mol. The van der Waals surface area contributed by atoms with Gasteiger partial charge in [0.1, 0.15) is 11.7 Å². The molecule has 1 amide bonds. The van der Waals surface area contributed by atoms with Crippen molar-refractivity contribution >= 4 is 34.9 Å². The van der Waals surface area contributed by atoms with E-state index in [9.17, 15) is 9.59 Å². The molecule has 2 aromatic rings. The SMILES string of the molecule is COC(=O)C1(N(C(C)=O)c2ccc(C(=N)N)cc2)CC(c2cccc(C(=N)N)c2)=NO1. The van der Waals surface area contributed by atoms with Crippen LogP contribution < -0.4 is 16.4 Å². The zero-order chi connectivity index (χ0) is 22.8. The molecule has 0 aliphatic carbocycles. The van der Waals surface area contributed by atoms with Crippen molar-refractivity contribution < 1.29 is 19.2 Å². The largest absolute Gasteiger partial charge is 0.465 e. The Hall–Kier alpha value is -4.21. The van der Waals surface area contributed by atoms with Crippen molar-refractivity contribution in [1.82, 2.24) is 0 Å².